The molecule has 1 aromatic carbocycles. The molecule has 4 heteroatoms. The van der Waals surface area contributed by atoms with Gasteiger partial charge in [0.1, 0.15) is 5.69 Å². The maximum absolute atomic E-state index is 13.0. The average molecular weight is 349 g/mol. The summed E-state index contributed by atoms with van der Waals surface area (Å²) in [4.78, 5) is 21.8. The fraction of sp³-hybridized carbons (Fsp3) is 0.455. The van der Waals surface area contributed by atoms with Crippen LogP contribution in [0.3, 0.4) is 0 Å². The topological polar surface area (TPSA) is 36.4 Å². The summed E-state index contributed by atoms with van der Waals surface area (Å²) in [6.45, 7) is 4.78. The molecule has 1 aromatic heterocycles. The van der Waals surface area contributed by atoms with Crippen LogP contribution >= 0.6 is 0 Å². The van der Waals surface area contributed by atoms with Crippen molar-refractivity contribution in [2.24, 2.45) is 0 Å². The molecule has 1 atom stereocenters. The summed E-state index contributed by atoms with van der Waals surface area (Å²) < 4.78 is 0. The van der Waals surface area contributed by atoms with E-state index in [4.69, 9.17) is 0 Å². The second-order valence-corrected chi connectivity index (χ2v) is 7.40. The summed E-state index contributed by atoms with van der Waals surface area (Å²) >= 11 is 0. The summed E-state index contributed by atoms with van der Waals surface area (Å²) in [5.74, 6) is 0.0476. The minimum absolute atomic E-state index is 0.0476. The molecule has 2 aliphatic rings. The van der Waals surface area contributed by atoms with E-state index < -0.39 is 0 Å². The molecule has 26 heavy (non-hydrogen) atoms. The number of pyridine rings is 1. The van der Waals surface area contributed by atoms with Crippen molar-refractivity contribution in [3.05, 3.63) is 59.4 Å². The number of carbonyl (C=O) groups is 1. The van der Waals surface area contributed by atoms with Gasteiger partial charge in [-0.05, 0) is 55.4 Å². The lowest BCUT2D eigenvalue weighted by molar-refractivity contribution is 0.0729. The fourth-order valence-electron chi connectivity index (χ4n) is 4.31. The zero-order valence-corrected chi connectivity index (χ0v) is 15.5. The molecule has 2 aromatic rings. The van der Waals surface area contributed by atoms with Crippen LogP contribution in [0.2, 0.25) is 0 Å². The zero-order chi connectivity index (χ0) is 17.9. The molecule has 3 heterocycles. The van der Waals surface area contributed by atoms with Crippen LogP contribution in [0.5, 0.6) is 0 Å². The van der Waals surface area contributed by atoms with Gasteiger partial charge in [-0.3, -0.25) is 9.78 Å². The van der Waals surface area contributed by atoms with Gasteiger partial charge in [0, 0.05) is 37.6 Å². The number of carbonyl (C=O) groups excluding carboxylic acids is 1. The van der Waals surface area contributed by atoms with Gasteiger partial charge in [-0.2, -0.15) is 0 Å². The normalized spacial score (nSPS) is 20.0. The van der Waals surface area contributed by atoms with Gasteiger partial charge in [0.2, 0.25) is 0 Å². The van der Waals surface area contributed by atoms with Crippen LogP contribution in [-0.4, -0.2) is 34.9 Å². The highest BCUT2D eigenvalue weighted by molar-refractivity contribution is 5.93. The summed E-state index contributed by atoms with van der Waals surface area (Å²) in [6.07, 6.45) is 7.64. The highest BCUT2D eigenvalue weighted by atomic mass is 16.2. The van der Waals surface area contributed by atoms with Crippen LogP contribution in [0.25, 0.3) is 0 Å². The molecular weight excluding hydrogens is 322 g/mol. The van der Waals surface area contributed by atoms with Crippen LogP contribution in [0, 0.1) is 0 Å². The Bertz CT molecular complexity index is 788. The third-order valence-corrected chi connectivity index (χ3v) is 5.81. The van der Waals surface area contributed by atoms with Crippen molar-refractivity contribution in [3.63, 3.8) is 0 Å². The third-order valence-electron chi connectivity index (χ3n) is 5.81. The Hall–Kier alpha value is -2.36. The number of anilines is 1. The maximum Gasteiger partial charge on any atom is 0.272 e. The van der Waals surface area contributed by atoms with Crippen molar-refractivity contribution < 1.29 is 4.79 Å². The first kappa shape index (κ1) is 17.1. The van der Waals surface area contributed by atoms with E-state index in [9.17, 15) is 4.79 Å². The Morgan fingerprint density at radius 3 is 2.85 bits per heavy atom. The highest BCUT2D eigenvalue weighted by Gasteiger charge is 2.25. The molecule has 136 valence electrons. The molecule has 4 nitrogen and oxygen atoms in total. The van der Waals surface area contributed by atoms with E-state index in [1.165, 1.54) is 30.4 Å². The van der Waals surface area contributed by atoms with Crippen molar-refractivity contribution in [1.82, 2.24) is 9.88 Å². The molecule has 2 aliphatic heterocycles. The lowest BCUT2D eigenvalue weighted by atomic mass is 9.99. The summed E-state index contributed by atoms with van der Waals surface area (Å²) in [6, 6.07) is 13.0. The molecule has 0 spiro atoms. The quantitative estimate of drug-likeness (QED) is 0.839. The van der Waals surface area contributed by atoms with Gasteiger partial charge >= 0.3 is 0 Å². The first-order chi connectivity index (χ1) is 12.8. The minimum Gasteiger partial charge on any atom is -0.368 e. The number of rotatable bonds is 3. The first-order valence-electron chi connectivity index (χ1n) is 9.85. The summed E-state index contributed by atoms with van der Waals surface area (Å²) in [5, 5.41) is 0. The Balaban J connectivity index is 1.54. The molecule has 1 amide bonds. The van der Waals surface area contributed by atoms with E-state index >= 15 is 0 Å². The smallest absolute Gasteiger partial charge is 0.272 e. The van der Waals surface area contributed by atoms with E-state index in [-0.39, 0.29) is 5.91 Å². The summed E-state index contributed by atoms with van der Waals surface area (Å²) in [7, 11) is 0. The molecule has 4 rings (SSSR count). The van der Waals surface area contributed by atoms with Crippen molar-refractivity contribution in [2.45, 2.75) is 51.6 Å². The zero-order valence-electron chi connectivity index (χ0n) is 15.5. The van der Waals surface area contributed by atoms with Gasteiger partial charge in [-0.1, -0.05) is 31.2 Å². The lowest BCUT2D eigenvalue weighted by Gasteiger charge is -2.37. The molecule has 1 unspecified atom stereocenters. The number of amides is 1. The number of hydrogen-bond acceptors (Lipinski definition) is 3. The van der Waals surface area contributed by atoms with Crippen LogP contribution in [0.1, 0.15) is 54.2 Å². The van der Waals surface area contributed by atoms with Crippen molar-refractivity contribution in [1.29, 1.82) is 0 Å². The Morgan fingerprint density at radius 1 is 1.15 bits per heavy atom. The van der Waals surface area contributed by atoms with Gasteiger partial charge in [-0.25, -0.2) is 0 Å². The largest absolute Gasteiger partial charge is 0.368 e. The highest BCUT2D eigenvalue weighted by Crippen LogP contribution is 2.27. The standard InChI is InChI=1S/C22H27N3O/c1-2-19-9-5-6-13-25(19)20-10-12-23-21(15-20)22(26)24-14-11-17-7-3-4-8-18(17)16-24/h3-4,7-8,10,12,15,19H,2,5-6,9,11,13-14,16H2,1H3. The molecule has 0 bridgehead atoms. The molecule has 1 fully saturated rings. The van der Waals surface area contributed by atoms with Gasteiger partial charge in [-0.15, -0.1) is 0 Å². The third kappa shape index (κ3) is 3.33. The van der Waals surface area contributed by atoms with E-state index in [1.807, 2.05) is 17.0 Å². The Morgan fingerprint density at radius 2 is 2.00 bits per heavy atom. The van der Waals surface area contributed by atoms with E-state index in [0.717, 1.165) is 31.6 Å². The lowest BCUT2D eigenvalue weighted by Crippen LogP contribution is -2.39. The molecular formula is C22H27N3O. The minimum atomic E-state index is 0.0476. The van der Waals surface area contributed by atoms with Gasteiger partial charge in [0.25, 0.3) is 5.91 Å². The first-order valence-corrected chi connectivity index (χ1v) is 9.85. The number of aromatic nitrogens is 1. The van der Waals surface area contributed by atoms with Crippen LogP contribution in [0.4, 0.5) is 5.69 Å². The maximum atomic E-state index is 13.0. The predicted molar refractivity (Wildman–Crippen MR) is 104 cm³/mol. The van der Waals surface area contributed by atoms with E-state index in [1.54, 1.807) is 6.20 Å². The van der Waals surface area contributed by atoms with Crippen molar-refractivity contribution in [3.8, 4) is 0 Å². The summed E-state index contributed by atoms with van der Waals surface area (Å²) in [5.41, 5.74) is 4.33. The molecule has 0 saturated carbocycles. The number of benzene rings is 1. The van der Waals surface area contributed by atoms with Crippen LogP contribution in [0.15, 0.2) is 42.6 Å². The van der Waals surface area contributed by atoms with Crippen molar-refractivity contribution in [2.75, 3.05) is 18.0 Å². The molecule has 0 N–H and O–H groups in total. The van der Waals surface area contributed by atoms with Gasteiger partial charge in [0.15, 0.2) is 0 Å². The molecule has 0 aliphatic carbocycles. The van der Waals surface area contributed by atoms with Gasteiger partial charge < -0.3 is 9.80 Å². The predicted octanol–water partition coefficient (Wildman–Crippen LogP) is 4.05. The van der Waals surface area contributed by atoms with E-state index in [2.05, 4.69) is 41.1 Å². The molecule has 1 saturated heterocycles. The second-order valence-electron chi connectivity index (χ2n) is 7.40. The van der Waals surface area contributed by atoms with Gasteiger partial charge in [0.05, 0.1) is 0 Å². The van der Waals surface area contributed by atoms with E-state index in [0.29, 0.717) is 18.3 Å². The monoisotopic (exact) mass is 349 g/mol. The SMILES string of the molecule is CCC1CCCCN1c1ccnc(C(=O)N2CCc3ccccc3C2)c1. The second kappa shape index (κ2) is 7.48. The fourth-order valence-corrected chi connectivity index (χ4v) is 4.31. The number of piperidine rings is 1. The number of hydrogen-bond donors (Lipinski definition) is 0. The Labute approximate surface area is 155 Å². The number of nitrogens with zero attached hydrogens (tertiary/aromatic N) is 3. The Kier molecular flexibility index (Phi) is 4.91. The van der Waals surface area contributed by atoms with Crippen LogP contribution in [-0.2, 0) is 13.0 Å². The number of fused-ring (bicyclic) bond motifs is 1. The van der Waals surface area contributed by atoms with Crippen LogP contribution < -0.4 is 4.90 Å². The van der Waals surface area contributed by atoms with Crippen molar-refractivity contribution >= 4 is 11.6 Å². The molecule has 0 radical (unpaired) electrons. The average Bonchev–Trinajstić information content (AvgIpc) is 2.73.